The molecule has 2 aromatic carbocycles. The largest absolute Gasteiger partial charge is 0.490 e. The molecule has 0 aliphatic heterocycles. The van der Waals surface area contributed by atoms with E-state index in [4.69, 9.17) is 37.8 Å². The monoisotopic (exact) mass is 743 g/mol. The van der Waals surface area contributed by atoms with Crippen LogP contribution in [0.4, 0.5) is 13.2 Å². The van der Waals surface area contributed by atoms with E-state index in [1.165, 1.54) is 26.0 Å². The van der Waals surface area contributed by atoms with Crippen LogP contribution in [0, 0.1) is 6.92 Å². The summed E-state index contributed by atoms with van der Waals surface area (Å²) in [5.41, 5.74) is 1.27. The van der Waals surface area contributed by atoms with Gasteiger partial charge in [0.05, 0.1) is 10.7 Å². The molecule has 0 saturated heterocycles. The molecule has 0 aliphatic carbocycles. The molecule has 0 atom stereocenters. The van der Waals surface area contributed by atoms with E-state index >= 15 is 0 Å². The number of amides is 1. The molecule has 2 heterocycles. The maximum Gasteiger partial charge on any atom is 0.490 e. The minimum Gasteiger partial charge on any atom is -0.487 e. The number of aromatic nitrogens is 2. The van der Waals surface area contributed by atoms with Crippen LogP contribution in [0.5, 0.6) is 5.75 Å². The minimum absolute atomic E-state index is 0.0884. The number of nitrogens with zero attached hydrogens (tertiary/aromatic N) is 2. The lowest BCUT2D eigenvalue weighted by Gasteiger charge is -2.25. The highest BCUT2D eigenvalue weighted by Gasteiger charge is 2.38. The number of para-hydroxylation sites is 1. The van der Waals surface area contributed by atoms with Crippen molar-refractivity contribution in [3.8, 4) is 5.75 Å². The normalized spacial score (nSPS) is 11.8. The summed E-state index contributed by atoms with van der Waals surface area (Å²) < 4.78 is 67.0. The highest BCUT2D eigenvalue weighted by molar-refractivity contribution is 7.89. The maximum atomic E-state index is 13.4. The highest BCUT2D eigenvalue weighted by atomic mass is 35.5. The quantitative estimate of drug-likeness (QED) is 0.124. The molecule has 11 nitrogen and oxygen atoms in total. The van der Waals surface area contributed by atoms with Gasteiger partial charge in [-0.1, -0.05) is 47.5 Å². The van der Waals surface area contributed by atoms with Crippen LogP contribution in [0.3, 0.4) is 0 Å². The number of alkyl halides is 3. The SMILES string of the molecule is Cc1ccc2cccc(OCc3c(Cl)ccc(S(=O)(=O)NC(C)(C)C(=O)NCCCNCc4ccccn4)c3Cl)c2n1.O=C(O)C(F)(F)F. The van der Waals surface area contributed by atoms with Gasteiger partial charge >= 0.3 is 12.1 Å². The number of carbonyl (C=O) groups is 2. The molecule has 0 unspecified atom stereocenters. The molecule has 49 heavy (non-hydrogen) atoms. The number of carboxylic acids is 1. The third-order valence-electron chi connectivity index (χ3n) is 6.68. The standard InChI is InChI=1S/C30H33Cl2N5O4S.C2HF3O2/c1-20-11-12-21-8-6-10-25(28(21)36-20)41-19-23-24(31)13-14-26(27(23)32)42(39,40)37-30(2,3)29(38)35-17-7-15-33-18-22-9-4-5-16-34-22;3-2(4,5)1(6)7/h4-6,8-14,16,33,37H,7,15,17-19H2,1-3H3,(H,35,38);(H,6,7). The second kappa shape index (κ2) is 17.1. The van der Waals surface area contributed by atoms with Gasteiger partial charge in [-0.25, -0.2) is 18.2 Å². The second-order valence-electron chi connectivity index (χ2n) is 11.0. The van der Waals surface area contributed by atoms with Crippen molar-refractivity contribution in [2.24, 2.45) is 0 Å². The molecule has 0 saturated carbocycles. The van der Waals surface area contributed by atoms with Crippen molar-refractivity contribution in [1.29, 1.82) is 0 Å². The zero-order valence-electron chi connectivity index (χ0n) is 26.6. The van der Waals surface area contributed by atoms with Gasteiger partial charge in [-0.05, 0) is 70.1 Å². The van der Waals surface area contributed by atoms with Crippen molar-refractivity contribution in [2.45, 2.75) is 57.0 Å². The Morgan fingerprint density at radius 3 is 2.35 bits per heavy atom. The molecule has 1 amide bonds. The average Bonchev–Trinajstić information content (AvgIpc) is 3.02. The number of carbonyl (C=O) groups excluding carboxylic acids is 1. The van der Waals surface area contributed by atoms with Crippen molar-refractivity contribution in [2.75, 3.05) is 13.1 Å². The fraction of sp³-hybridized carbons (Fsp3) is 0.312. The van der Waals surface area contributed by atoms with E-state index in [1.54, 1.807) is 12.3 Å². The lowest BCUT2D eigenvalue weighted by atomic mass is 10.1. The van der Waals surface area contributed by atoms with Gasteiger partial charge in [0.15, 0.2) is 0 Å². The van der Waals surface area contributed by atoms with Gasteiger partial charge in [0.1, 0.15) is 28.3 Å². The maximum absolute atomic E-state index is 13.4. The summed E-state index contributed by atoms with van der Waals surface area (Å²) in [6, 6.07) is 17.8. The van der Waals surface area contributed by atoms with Crippen LogP contribution in [-0.2, 0) is 32.8 Å². The van der Waals surface area contributed by atoms with Crippen LogP contribution in [0.25, 0.3) is 10.9 Å². The van der Waals surface area contributed by atoms with Gasteiger partial charge in [-0.2, -0.15) is 17.9 Å². The molecule has 0 spiro atoms. The summed E-state index contributed by atoms with van der Waals surface area (Å²) in [7, 11) is -4.21. The lowest BCUT2D eigenvalue weighted by molar-refractivity contribution is -0.192. The highest BCUT2D eigenvalue weighted by Crippen LogP contribution is 2.33. The van der Waals surface area contributed by atoms with E-state index in [2.05, 4.69) is 25.3 Å². The molecule has 264 valence electrons. The summed E-state index contributed by atoms with van der Waals surface area (Å²) >= 11 is 13.0. The fourth-order valence-electron chi connectivity index (χ4n) is 4.19. The van der Waals surface area contributed by atoms with Crippen LogP contribution in [0.2, 0.25) is 10.0 Å². The summed E-state index contributed by atoms with van der Waals surface area (Å²) in [4.78, 5) is 30.4. The van der Waals surface area contributed by atoms with E-state index in [-0.39, 0.29) is 21.5 Å². The van der Waals surface area contributed by atoms with E-state index in [0.717, 1.165) is 16.8 Å². The Morgan fingerprint density at radius 1 is 0.980 bits per heavy atom. The summed E-state index contributed by atoms with van der Waals surface area (Å²) in [5, 5.41) is 14.2. The van der Waals surface area contributed by atoms with E-state index < -0.39 is 33.6 Å². The first-order chi connectivity index (χ1) is 22.9. The van der Waals surface area contributed by atoms with E-state index in [9.17, 15) is 26.4 Å². The molecule has 2 aromatic heterocycles. The number of hydrogen-bond donors (Lipinski definition) is 4. The molecule has 0 radical (unpaired) electrons. The molecule has 0 aliphatic rings. The van der Waals surface area contributed by atoms with Crippen molar-refractivity contribution in [3.05, 3.63) is 93.9 Å². The van der Waals surface area contributed by atoms with Crippen molar-refractivity contribution < 1.29 is 41.0 Å². The van der Waals surface area contributed by atoms with E-state index in [1.807, 2.05) is 49.4 Å². The van der Waals surface area contributed by atoms with Crippen molar-refractivity contribution in [3.63, 3.8) is 0 Å². The fourth-order valence-corrected chi connectivity index (χ4v) is 6.46. The Labute approximate surface area is 291 Å². The third kappa shape index (κ3) is 11.5. The lowest BCUT2D eigenvalue weighted by Crippen LogP contribution is -2.54. The first-order valence-electron chi connectivity index (χ1n) is 14.6. The second-order valence-corrected chi connectivity index (χ2v) is 13.5. The first-order valence-corrected chi connectivity index (χ1v) is 16.9. The molecular weight excluding hydrogens is 710 g/mol. The number of fused-ring (bicyclic) bond motifs is 1. The molecular formula is C32H34Cl2F3N5O6S. The zero-order valence-corrected chi connectivity index (χ0v) is 28.9. The van der Waals surface area contributed by atoms with E-state index in [0.29, 0.717) is 42.9 Å². The Balaban J connectivity index is 0.000000838. The number of aryl methyl sites for hydroxylation is 1. The predicted molar refractivity (Wildman–Crippen MR) is 179 cm³/mol. The van der Waals surface area contributed by atoms with Gasteiger partial charge in [-0.15, -0.1) is 0 Å². The molecule has 0 fully saturated rings. The Hall–Kier alpha value is -4.02. The number of pyridine rings is 2. The van der Waals surface area contributed by atoms with Crippen molar-refractivity contribution in [1.82, 2.24) is 25.3 Å². The Bertz CT molecular complexity index is 1880. The number of rotatable bonds is 13. The molecule has 4 rings (SSSR count). The number of hydrogen-bond acceptors (Lipinski definition) is 8. The summed E-state index contributed by atoms with van der Waals surface area (Å²) in [6.45, 7) is 6.41. The van der Waals surface area contributed by atoms with Gasteiger partial charge < -0.3 is 20.5 Å². The van der Waals surface area contributed by atoms with Gasteiger partial charge in [0, 0.05) is 41.0 Å². The van der Waals surface area contributed by atoms with Crippen LogP contribution < -0.4 is 20.1 Å². The number of ether oxygens (including phenoxy) is 1. The Kier molecular flexibility index (Phi) is 13.7. The van der Waals surface area contributed by atoms with Gasteiger partial charge in [0.25, 0.3) is 0 Å². The first kappa shape index (κ1) is 39.4. The zero-order chi connectivity index (χ0) is 36.4. The number of carboxylic acid groups (broad SMARTS) is 1. The number of benzene rings is 2. The van der Waals surface area contributed by atoms with Crippen LogP contribution in [0.15, 0.2) is 71.8 Å². The average molecular weight is 745 g/mol. The minimum atomic E-state index is -5.08. The van der Waals surface area contributed by atoms with Gasteiger partial charge in [-0.3, -0.25) is 9.78 Å². The number of sulfonamides is 1. The number of nitrogens with one attached hydrogen (secondary N) is 3. The predicted octanol–water partition coefficient (Wildman–Crippen LogP) is 5.81. The topological polar surface area (TPSA) is 160 Å². The van der Waals surface area contributed by atoms with Crippen LogP contribution in [-0.4, -0.2) is 60.2 Å². The summed E-state index contributed by atoms with van der Waals surface area (Å²) in [6.07, 6.45) is -2.70. The summed E-state index contributed by atoms with van der Waals surface area (Å²) in [5.74, 6) is -2.71. The van der Waals surface area contributed by atoms with Crippen LogP contribution >= 0.6 is 23.2 Å². The Morgan fingerprint density at radius 2 is 1.69 bits per heavy atom. The molecule has 4 N–H and O–H groups in total. The molecule has 4 aromatic rings. The smallest absolute Gasteiger partial charge is 0.487 e. The van der Waals surface area contributed by atoms with Crippen LogP contribution in [0.1, 0.15) is 37.2 Å². The number of halogens is 5. The molecule has 0 bridgehead atoms. The number of aliphatic carboxylic acids is 1. The third-order valence-corrected chi connectivity index (χ3v) is 9.28. The van der Waals surface area contributed by atoms with Gasteiger partial charge in [0.2, 0.25) is 15.9 Å². The van der Waals surface area contributed by atoms with Crippen molar-refractivity contribution >= 4 is 56.0 Å². The molecule has 17 heteroatoms.